The highest BCUT2D eigenvalue weighted by molar-refractivity contribution is 6.34. The van der Waals surface area contributed by atoms with Crippen molar-refractivity contribution in [3.8, 4) is 5.75 Å². The highest BCUT2D eigenvalue weighted by Gasteiger charge is 2.52. The second kappa shape index (κ2) is 15.8. The van der Waals surface area contributed by atoms with Gasteiger partial charge in [-0.2, -0.15) is 13.2 Å². The minimum atomic E-state index is -4.79. The third-order valence-corrected chi connectivity index (χ3v) is 6.65. The predicted octanol–water partition coefficient (Wildman–Crippen LogP) is 8.51. The Labute approximate surface area is 265 Å². The molecule has 0 unspecified atom stereocenters. The van der Waals surface area contributed by atoms with Crippen molar-refractivity contribution in [2.24, 2.45) is 5.41 Å². The molecule has 0 saturated heterocycles. The fourth-order valence-electron chi connectivity index (χ4n) is 3.42. The fraction of sp³-hybridized carbons (Fsp3) is 0.300. The van der Waals surface area contributed by atoms with E-state index in [1.54, 1.807) is 0 Å². The molecule has 0 fully saturated rings. The van der Waals surface area contributed by atoms with Gasteiger partial charge < -0.3 is 20.7 Å². The van der Waals surface area contributed by atoms with Gasteiger partial charge in [-0.05, 0) is 67.9 Å². The predicted molar refractivity (Wildman–Crippen MR) is 160 cm³/mol. The van der Waals surface area contributed by atoms with E-state index < -0.39 is 48.2 Å². The number of alkyl halides is 5. The van der Waals surface area contributed by atoms with Crippen molar-refractivity contribution in [2.75, 3.05) is 17.2 Å². The minimum Gasteiger partial charge on any atom is -0.487 e. The molecule has 0 aliphatic rings. The van der Waals surface area contributed by atoms with Crippen LogP contribution in [0.25, 0.3) is 0 Å². The molecule has 15 heteroatoms. The van der Waals surface area contributed by atoms with Gasteiger partial charge in [0, 0.05) is 17.9 Å². The van der Waals surface area contributed by atoms with Crippen LogP contribution in [0.2, 0.25) is 10.0 Å². The first-order valence-corrected chi connectivity index (χ1v) is 14.0. The van der Waals surface area contributed by atoms with Gasteiger partial charge in [-0.3, -0.25) is 14.4 Å². The second-order valence-electron chi connectivity index (χ2n) is 9.57. The van der Waals surface area contributed by atoms with Crippen molar-refractivity contribution in [3.05, 3.63) is 87.2 Å². The van der Waals surface area contributed by atoms with E-state index in [0.29, 0.717) is 0 Å². The van der Waals surface area contributed by atoms with Gasteiger partial charge in [0.1, 0.15) is 23.6 Å². The molecule has 3 rings (SSSR count). The molecular weight excluding hydrogens is 651 g/mol. The molecule has 0 saturated carbocycles. The Morgan fingerprint density at radius 1 is 0.822 bits per heavy atom. The molecule has 0 spiro atoms. The highest BCUT2D eigenvalue weighted by atomic mass is 35.5. The van der Waals surface area contributed by atoms with Crippen LogP contribution in [0, 0.1) is 11.2 Å². The Morgan fingerprint density at radius 3 is 1.98 bits per heavy atom. The molecule has 3 N–H and O–H groups in total. The standard InChI is InChI=1S/C28H23Cl2F6N3O4.C2H6/c1-27(2,28(34,35)36)26(42)37-12-14-3-6-19(29)17(9-14)24(40)38-15-5-8-22(43-13-23(32)33)18(10-15)25(41)39-16-4-7-21(31)20(30)11-16;1-2/h3-11,23H,12-13H2,1-2H3,(H,37,42)(H,38,40)(H,39,41);1-2H3. The topological polar surface area (TPSA) is 96.5 Å². The molecular formula is C30H29Cl2F6N3O4. The molecule has 0 atom stereocenters. The number of carbonyl (C=O) groups excluding carboxylic acids is 3. The maximum absolute atomic E-state index is 13.5. The SMILES string of the molecule is CC.CC(C)(C(=O)NCc1ccc(Cl)c(C(=O)Nc2ccc(OCC(F)F)c(C(=O)Nc3ccc(F)c(Cl)c3)c2)c1)C(F)(F)F. The third kappa shape index (κ3) is 10.0. The molecule has 0 aliphatic heterocycles. The number of halogens is 8. The Morgan fingerprint density at radius 2 is 1.40 bits per heavy atom. The second-order valence-corrected chi connectivity index (χ2v) is 10.4. The van der Waals surface area contributed by atoms with Gasteiger partial charge in [0.05, 0.1) is 21.2 Å². The van der Waals surface area contributed by atoms with Crippen molar-refractivity contribution >= 4 is 52.3 Å². The number of hydrogen-bond acceptors (Lipinski definition) is 4. The Balaban J connectivity index is 0.00000345. The lowest BCUT2D eigenvalue weighted by atomic mass is 9.91. The van der Waals surface area contributed by atoms with Gasteiger partial charge in [0.2, 0.25) is 5.91 Å². The van der Waals surface area contributed by atoms with Crippen LogP contribution in [0.15, 0.2) is 54.6 Å². The van der Waals surface area contributed by atoms with E-state index >= 15 is 0 Å². The lowest BCUT2D eigenvalue weighted by molar-refractivity contribution is -0.211. The van der Waals surface area contributed by atoms with Crippen LogP contribution in [-0.2, 0) is 11.3 Å². The van der Waals surface area contributed by atoms with E-state index in [-0.39, 0.29) is 50.4 Å². The summed E-state index contributed by atoms with van der Waals surface area (Å²) in [6.45, 7) is 4.09. The minimum absolute atomic E-state index is 0.0124. The van der Waals surface area contributed by atoms with E-state index in [1.165, 1.54) is 36.4 Å². The number of anilines is 2. The van der Waals surface area contributed by atoms with Crippen LogP contribution in [0.1, 0.15) is 54.0 Å². The molecule has 0 aromatic heterocycles. The Kier molecular flexibility index (Phi) is 13.1. The summed E-state index contributed by atoms with van der Waals surface area (Å²) in [7, 11) is 0. The third-order valence-electron chi connectivity index (χ3n) is 6.03. The van der Waals surface area contributed by atoms with Crippen molar-refractivity contribution in [2.45, 2.75) is 46.8 Å². The normalized spacial score (nSPS) is 11.3. The first-order chi connectivity index (χ1) is 21.0. The Bertz CT molecular complexity index is 1530. The highest BCUT2D eigenvalue weighted by Crippen LogP contribution is 2.37. The summed E-state index contributed by atoms with van der Waals surface area (Å²) in [6.07, 6.45) is -7.64. The Hall–Kier alpha value is -3.97. The van der Waals surface area contributed by atoms with E-state index in [0.717, 1.165) is 32.0 Å². The largest absolute Gasteiger partial charge is 0.487 e. The lowest BCUT2D eigenvalue weighted by Crippen LogP contribution is -2.46. The molecule has 0 bridgehead atoms. The zero-order valence-electron chi connectivity index (χ0n) is 24.3. The first-order valence-electron chi connectivity index (χ1n) is 13.3. The first kappa shape index (κ1) is 37.2. The van der Waals surface area contributed by atoms with Crippen molar-refractivity contribution in [3.63, 3.8) is 0 Å². The number of amides is 3. The molecule has 3 amide bonds. The van der Waals surface area contributed by atoms with E-state index in [4.69, 9.17) is 27.9 Å². The smallest absolute Gasteiger partial charge is 0.402 e. The molecule has 0 radical (unpaired) electrons. The van der Waals surface area contributed by atoms with Gasteiger partial charge in [-0.1, -0.05) is 43.1 Å². The molecule has 0 aliphatic carbocycles. The molecule has 45 heavy (non-hydrogen) atoms. The molecule has 3 aromatic carbocycles. The van der Waals surface area contributed by atoms with Crippen LogP contribution in [0.5, 0.6) is 5.75 Å². The van der Waals surface area contributed by atoms with Gasteiger partial charge >= 0.3 is 6.18 Å². The molecule has 3 aromatic rings. The summed E-state index contributed by atoms with van der Waals surface area (Å²) in [6, 6.07) is 10.9. The number of benzene rings is 3. The van der Waals surface area contributed by atoms with Crippen LogP contribution in [0.3, 0.4) is 0 Å². The van der Waals surface area contributed by atoms with Crippen LogP contribution in [0.4, 0.5) is 37.7 Å². The van der Waals surface area contributed by atoms with Gasteiger partial charge in [0.15, 0.2) is 0 Å². The molecule has 7 nitrogen and oxygen atoms in total. The maximum atomic E-state index is 13.5. The number of carbonyl (C=O) groups is 3. The maximum Gasteiger partial charge on any atom is 0.402 e. The fourth-order valence-corrected chi connectivity index (χ4v) is 3.81. The van der Waals surface area contributed by atoms with Gasteiger partial charge in [-0.25, -0.2) is 13.2 Å². The quantitative estimate of drug-likeness (QED) is 0.187. The van der Waals surface area contributed by atoms with Crippen molar-refractivity contribution < 1.29 is 45.5 Å². The summed E-state index contributed by atoms with van der Waals surface area (Å²) in [5.74, 6) is -3.92. The summed E-state index contributed by atoms with van der Waals surface area (Å²) in [4.78, 5) is 38.1. The monoisotopic (exact) mass is 679 g/mol. The summed E-state index contributed by atoms with van der Waals surface area (Å²) in [5.41, 5.74) is -2.69. The molecule has 244 valence electrons. The van der Waals surface area contributed by atoms with Gasteiger partial charge in [0.25, 0.3) is 18.2 Å². The average molecular weight is 680 g/mol. The molecule has 0 heterocycles. The van der Waals surface area contributed by atoms with Crippen LogP contribution >= 0.6 is 23.2 Å². The van der Waals surface area contributed by atoms with Gasteiger partial charge in [-0.15, -0.1) is 0 Å². The van der Waals surface area contributed by atoms with Crippen LogP contribution < -0.4 is 20.7 Å². The van der Waals surface area contributed by atoms with E-state index in [1.807, 2.05) is 13.8 Å². The summed E-state index contributed by atoms with van der Waals surface area (Å²) >= 11 is 11.9. The summed E-state index contributed by atoms with van der Waals surface area (Å²) < 4.78 is 83.5. The average Bonchev–Trinajstić information content (AvgIpc) is 2.97. The number of ether oxygens (including phenoxy) is 1. The number of hydrogen-bond donors (Lipinski definition) is 3. The summed E-state index contributed by atoms with van der Waals surface area (Å²) in [5, 5.41) is 6.78. The number of rotatable bonds is 10. The lowest BCUT2D eigenvalue weighted by Gasteiger charge is -2.26. The van der Waals surface area contributed by atoms with Crippen LogP contribution in [-0.4, -0.2) is 36.9 Å². The number of nitrogens with one attached hydrogen (secondary N) is 3. The van der Waals surface area contributed by atoms with Crippen molar-refractivity contribution in [1.29, 1.82) is 0 Å². The van der Waals surface area contributed by atoms with E-state index in [9.17, 15) is 40.7 Å². The zero-order valence-corrected chi connectivity index (χ0v) is 25.9. The zero-order chi connectivity index (χ0) is 34.1. The van der Waals surface area contributed by atoms with E-state index in [2.05, 4.69) is 16.0 Å². The van der Waals surface area contributed by atoms with Crippen molar-refractivity contribution in [1.82, 2.24) is 5.32 Å².